The van der Waals surface area contributed by atoms with Crippen LogP contribution in [0.1, 0.15) is 18.4 Å². The van der Waals surface area contributed by atoms with Crippen molar-refractivity contribution in [2.24, 2.45) is 5.41 Å². The topological polar surface area (TPSA) is 61.9 Å². The molecule has 0 radical (unpaired) electrons. The molecular formula is C19H26ClN3O3. The van der Waals surface area contributed by atoms with Crippen LogP contribution in [0.15, 0.2) is 24.3 Å². The minimum Gasteiger partial charge on any atom is -0.384 e. The van der Waals surface area contributed by atoms with E-state index in [4.69, 9.17) is 16.3 Å². The molecule has 0 saturated carbocycles. The van der Waals surface area contributed by atoms with Crippen LogP contribution < -0.4 is 5.32 Å². The molecule has 0 aromatic heterocycles. The van der Waals surface area contributed by atoms with E-state index in [-0.39, 0.29) is 18.4 Å². The lowest BCUT2D eigenvalue weighted by molar-refractivity contribution is -0.155. The number of hydrogen-bond acceptors (Lipinski definition) is 4. The van der Waals surface area contributed by atoms with Gasteiger partial charge in [0.05, 0.1) is 18.6 Å². The highest BCUT2D eigenvalue weighted by atomic mass is 35.5. The van der Waals surface area contributed by atoms with Gasteiger partial charge < -0.3 is 19.9 Å². The molecule has 0 spiro atoms. The molecule has 2 aliphatic rings. The molecule has 2 saturated heterocycles. The highest BCUT2D eigenvalue weighted by molar-refractivity contribution is 6.30. The third-order valence-electron chi connectivity index (χ3n) is 5.33. The van der Waals surface area contributed by atoms with E-state index in [0.29, 0.717) is 31.3 Å². The van der Waals surface area contributed by atoms with Crippen LogP contribution >= 0.6 is 11.6 Å². The van der Waals surface area contributed by atoms with E-state index in [0.717, 1.165) is 31.5 Å². The van der Waals surface area contributed by atoms with E-state index in [1.807, 2.05) is 24.3 Å². The molecule has 6 nitrogen and oxygen atoms in total. The van der Waals surface area contributed by atoms with Gasteiger partial charge in [-0.1, -0.05) is 23.7 Å². The second kappa shape index (κ2) is 8.37. The average Bonchev–Trinajstić information content (AvgIpc) is 2.65. The molecule has 0 atom stereocenters. The Labute approximate surface area is 159 Å². The molecule has 0 aliphatic carbocycles. The summed E-state index contributed by atoms with van der Waals surface area (Å²) in [4.78, 5) is 29.3. The van der Waals surface area contributed by atoms with Gasteiger partial charge in [0.15, 0.2) is 0 Å². The van der Waals surface area contributed by atoms with Crippen molar-refractivity contribution < 1.29 is 14.3 Å². The molecular weight excluding hydrogens is 354 g/mol. The predicted molar refractivity (Wildman–Crippen MR) is 99.9 cm³/mol. The van der Waals surface area contributed by atoms with Crippen molar-refractivity contribution in [3.8, 4) is 0 Å². The number of amides is 2. The Morgan fingerprint density at radius 2 is 1.92 bits per heavy atom. The number of benzene rings is 1. The van der Waals surface area contributed by atoms with E-state index in [1.54, 1.807) is 16.9 Å². The van der Waals surface area contributed by atoms with Gasteiger partial charge in [0, 0.05) is 31.8 Å². The van der Waals surface area contributed by atoms with E-state index in [2.05, 4.69) is 5.32 Å². The summed E-state index contributed by atoms with van der Waals surface area (Å²) in [6.07, 6.45) is 1.50. The minimum absolute atomic E-state index is 0.0129. The molecule has 1 N–H and O–H groups in total. The van der Waals surface area contributed by atoms with Crippen LogP contribution in [0, 0.1) is 5.41 Å². The maximum absolute atomic E-state index is 13.1. The van der Waals surface area contributed by atoms with Crippen LogP contribution in [0.2, 0.25) is 5.02 Å². The third kappa shape index (κ3) is 4.19. The second-order valence-corrected chi connectivity index (χ2v) is 7.57. The summed E-state index contributed by atoms with van der Waals surface area (Å²) in [6, 6.07) is 7.50. The zero-order valence-electron chi connectivity index (χ0n) is 15.2. The zero-order chi connectivity index (χ0) is 18.6. The molecule has 142 valence electrons. The summed E-state index contributed by atoms with van der Waals surface area (Å²) in [5.74, 6) is 0.0430. The van der Waals surface area contributed by atoms with Gasteiger partial charge in [-0.05, 0) is 43.6 Å². The number of carbonyl (C=O) groups excluding carboxylic acids is 2. The third-order valence-corrected chi connectivity index (χ3v) is 5.58. The number of nitrogens with zero attached hydrogens (tertiary/aromatic N) is 2. The summed E-state index contributed by atoms with van der Waals surface area (Å²) < 4.78 is 5.35. The lowest BCUT2D eigenvalue weighted by atomic mass is 9.78. The maximum atomic E-state index is 13.1. The first-order valence-electron chi connectivity index (χ1n) is 9.05. The first-order valence-corrected chi connectivity index (χ1v) is 9.43. The van der Waals surface area contributed by atoms with Crippen molar-refractivity contribution in [2.45, 2.75) is 19.4 Å². The standard InChI is InChI=1S/C19H26ClN3O3/c1-26-14-19(6-8-21-9-7-19)18(25)23-11-10-22(17(24)13-23)12-15-2-4-16(20)5-3-15/h2-5,21H,6-14H2,1H3. The molecule has 1 aromatic rings. The Balaban J connectivity index is 1.62. The van der Waals surface area contributed by atoms with Gasteiger partial charge in [0.25, 0.3) is 0 Å². The first kappa shape index (κ1) is 19.1. The van der Waals surface area contributed by atoms with Crippen molar-refractivity contribution in [3.05, 3.63) is 34.9 Å². The Kier molecular flexibility index (Phi) is 6.16. The van der Waals surface area contributed by atoms with E-state index < -0.39 is 5.41 Å². The van der Waals surface area contributed by atoms with Crippen molar-refractivity contribution >= 4 is 23.4 Å². The van der Waals surface area contributed by atoms with E-state index >= 15 is 0 Å². The number of piperidine rings is 1. The number of piperazine rings is 1. The van der Waals surface area contributed by atoms with Gasteiger partial charge >= 0.3 is 0 Å². The Morgan fingerprint density at radius 3 is 2.54 bits per heavy atom. The number of ether oxygens (including phenoxy) is 1. The van der Waals surface area contributed by atoms with Gasteiger partial charge in [-0.3, -0.25) is 9.59 Å². The fourth-order valence-corrected chi connectivity index (χ4v) is 3.92. The summed E-state index contributed by atoms with van der Waals surface area (Å²) in [5.41, 5.74) is 0.537. The van der Waals surface area contributed by atoms with Crippen LogP contribution in [0.5, 0.6) is 0 Å². The van der Waals surface area contributed by atoms with E-state index in [9.17, 15) is 9.59 Å². The summed E-state index contributed by atoms with van der Waals surface area (Å²) in [5, 5.41) is 3.97. The molecule has 2 amide bonds. The highest BCUT2D eigenvalue weighted by Crippen LogP contribution is 2.32. The number of nitrogens with one attached hydrogen (secondary N) is 1. The largest absolute Gasteiger partial charge is 0.384 e. The quantitative estimate of drug-likeness (QED) is 0.842. The Bertz CT molecular complexity index is 638. The van der Waals surface area contributed by atoms with Gasteiger partial charge in [-0.2, -0.15) is 0 Å². The predicted octanol–water partition coefficient (Wildman–Crippen LogP) is 1.53. The number of carbonyl (C=O) groups is 2. The van der Waals surface area contributed by atoms with Crippen LogP contribution in [0.3, 0.4) is 0 Å². The lowest BCUT2D eigenvalue weighted by Crippen LogP contribution is -2.58. The van der Waals surface area contributed by atoms with Crippen LogP contribution in [-0.2, 0) is 20.9 Å². The molecule has 2 aliphatic heterocycles. The Morgan fingerprint density at radius 1 is 1.23 bits per heavy atom. The van der Waals surface area contributed by atoms with Gasteiger partial charge in [-0.25, -0.2) is 0 Å². The van der Waals surface area contributed by atoms with Crippen LogP contribution in [0.25, 0.3) is 0 Å². The van der Waals surface area contributed by atoms with Crippen molar-refractivity contribution in [1.82, 2.24) is 15.1 Å². The average molecular weight is 380 g/mol. The molecule has 7 heteroatoms. The van der Waals surface area contributed by atoms with Gasteiger partial charge in [0.1, 0.15) is 0 Å². The molecule has 2 heterocycles. The molecule has 0 unspecified atom stereocenters. The van der Waals surface area contributed by atoms with Gasteiger partial charge in [-0.15, -0.1) is 0 Å². The van der Waals surface area contributed by atoms with Crippen molar-refractivity contribution in [3.63, 3.8) is 0 Å². The zero-order valence-corrected chi connectivity index (χ0v) is 15.9. The van der Waals surface area contributed by atoms with Gasteiger partial charge in [0.2, 0.25) is 11.8 Å². The van der Waals surface area contributed by atoms with Crippen LogP contribution in [-0.4, -0.2) is 68.1 Å². The van der Waals surface area contributed by atoms with Crippen molar-refractivity contribution in [1.29, 1.82) is 0 Å². The summed E-state index contributed by atoms with van der Waals surface area (Å²) >= 11 is 5.91. The number of hydrogen-bond donors (Lipinski definition) is 1. The summed E-state index contributed by atoms with van der Waals surface area (Å²) in [6.45, 7) is 3.83. The fraction of sp³-hybridized carbons (Fsp3) is 0.579. The fourth-order valence-electron chi connectivity index (χ4n) is 3.80. The first-order chi connectivity index (χ1) is 12.5. The molecule has 1 aromatic carbocycles. The highest BCUT2D eigenvalue weighted by Gasteiger charge is 2.43. The van der Waals surface area contributed by atoms with Crippen molar-refractivity contribution in [2.75, 3.05) is 46.4 Å². The second-order valence-electron chi connectivity index (χ2n) is 7.13. The summed E-state index contributed by atoms with van der Waals surface area (Å²) in [7, 11) is 1.63. The molecule has 3 rings (SSSR count). The number of rotatable bonds is 5. The number of methoxy groups -OCH3 is 1. The Hall–Kier alpha value is -1.63. The van der Waals surface area contributed by atoms with Crippen LogP contribution in [0.4, 0.5) is 0 Å². The molecule has 0 bridgehead atoms. The smallest absolute Gasteiger partial charge is 0.242 e. The minimum atomic E-state index is -0.501. The normalized spacial score (nSPS) is 20.3. The number of halogens is 1. The SMILES string of the molecule is COCC1(C(=O)N2CCN(Cc3ccc(Cl)cc3)C(=O)C2)CCNCC1. The van der Waals surface area contributed by atoms with E-state index in [1.165, 1.54) is 0 Å². The lowest BCUT2D eigenvalue weighted by Gasteiger charge is -2.42. The maximum Gasteiger partial charge on any atom is 0.242 e. The molecule has 26 heavy (non-hydrogen) atoms. The molecule has 2 fully saturated rings. The monoisotopic (exact) mass is 379 g/mol.